The van der Waals surface area contributed by atoms with Crippen molar-refractivity contribution in [2.75, 3.05) is 72.2 Å². The lowest BCUT2D eigenvalue weighted by Crippen LogP contribution is -2.49. The van der Waals surface area contributed by atoms with Gasteiger partial charge in [0.1, 0.15) is 9.84 Å². The van der Waals surface area contributed by atoms with Crippen LogP contribution >= 0.6 is 24.0 Å². The van der Waals surface area contributed by atoms with Gasteiger partial charge in [0.25, 0.3) is 0 Å². The lowest BCUT2D eigenvalue weighted by molar-refractivity contribution is 0.152. The lowest BCUT2D eigenvalue weighted by Gasteiger charge is -2.33. The van der Waals surface area contributed by atoms with Gasteiger partial charge in [0.15, 0.2) is 5.96 Å². The first-order chi connectivity index (χ1) is 11.9. The zero-order valence-electron chi connectivity index (χ0n) is 16.2. The maximum absolute atomic E-state index is 11.0. The van der Waals surface area contributed by atoms with Crippen molar-refractivity contribution in [3.05, 3.63) is 0 Å². The van der Waals surface area contributed by atoms with Gasteiger partial charge >= 0.3 is 0 Å². The average Bonchev–Trinajstić information content (AvgIpc) is 2.57. The summed E-state index contributed by atoms with van der Waals surface area (Å²) in [6, 6.07) is 0.427. The third-order valence-corrected chi connectivity index (χ3v) is 5.02. The Morgan fingerprint density at radius 1 is 1.23 bits per heavy atom. The molecule has 0 aromatic heterocycles. The number of likely N-dealkylation sites (tertiary alicyclic amines) is 1. The second-order valence-corrected chi connectivity index (χ2v) is 8.61. The summed E-state index contributed by atoms with van der Waals surface area (Å²) in [5.74, 6) is 0.827. The van der Waals surface area contributed by atoms with Gasteiger partial charge in [-0.3, -0.25) is 4.99 Å². The third kappa shape index (κ3) is 13.1. The molecule has 1 aliphatic rings. The molecule has 1 rings (SSSR count). The van der Waals surface area contributed by atoms with Gasteiger partial charge in [-0.25, -0.2) is 8.42 Å². The predicted molar refractivity (Wildman–Crippen MR) is 116 cm³/mol. The normalized spacial score (nSPS) is 17.0. The highest BCUT2D eigenvalue weighted by molar-refractivity contribution is 14.0. The first-order valence-corrected chi connectivity index (χ1v) is 10.9. The van der Waals surface area contributed by atoms with E-state index in [2.05, 4.69) is 20.5 Å². The zero-order chi connectivity index (χ0) is 18.5. The Hall–Kier alpha value is -0.170. The number of guanidine groups is 1. The summed E-state index contributed by atoms with van der Waals surface area (Å²) in [6.07, 6.45) is 4.48. The van der Waals surface area contributed by atoms with Crippen LogP contribution in [0.4, 0.5) is 0 Å². The lowest BCUT2D eigenvalue weighted by atomic mass is 10.1. The van der Waals surface area contributed by atoms with Crippen LogP contribution in [0.3, 0.4) is 0 Å². The van der Waals surface area contributed by atoms with Crippen LogP contribution in [-0.4, -0.2) is 97.5 Å². The molecule has 8 nitrogen and oxygen atoms in total. The number of sulfone groups is 1. The summed E-state index contributed by atoms with van der Waals surface area (Å²) in [6.45, 7) is 5.38. The van der Waals surface area contributed by atoms with Crippen LogP contribution in [0.5, 0.6) is 0 Å². The number of hydrogen-bond acceptors (Lipinski definition) is 6. The van der Waals surface area contributed by atoms with E-state index in [-0.39, 0.29) is 36.3 Å². The number of methoxy groups -OCH3 is 1. The fourth-order valence-electron chi connectivity index (χ4n) is 2.68. The second kappa shape index (κ2) is 14.8. The Balaban J connectivity index is 0.00000625. The summed E-state index contributed by atoms with van der Waals surface area (Å²) in [7, 11) is 0.535. The molecule has 0 saturated carbocycles. The Kier molecular flexibility index (Phi) is 14.7. The van der Waals surface area contributed by atoms with Gasteiger partial charge in [-0.05, 0) is 19.3 Å². The van der Waals surface area contributed by atoms with E-state index in [9.17, 15) is 8.42 Å². The molecule has 0 spiro atoms. The minimum atomic E-state index is -2.96. The van der Waals surface area contributed by atoms with Crippen LogP contribution in [0.15, 0.2) is 4.99 Å². The molecule has 26 heavy (non-hydrogen) atoms. The van der Waals surface area contributed by atoms with Crippen molar-refractivity contribution in [2.45, 2.75) is 25.3 Å². The quantitative estimate of drug-likeness (QED) is 0.181. The number of rotatable bonds is 11. The monoisotopic (exact) mass is 506 g/mol. The SMILES string of the molecule is CN=C(NCCOCCS(C)(=O)=O)NC1CCN(CCCOC)CC1.I. The first-order valence-electron chi connectivity index (χ1n) is 8.88. The van der Waals surface area contributed by atoms with Crippen molar-refractivity contribution < 1.29 is 17.9 Å². The Morgan fingerprint density at radius 2 is 1.92 bits per heavy atom. The number of hydrogen-bond donors (Lipinski definition) is 2. The number of aliphatic imine (C=N–C) groups is 1. The highest BCUT2D eigenvalue weighted by Gasteiger charge is 2.19. The molecule has 0 amide bonds. The molecule has 0 unspecified atom stereocenters. The Bertz CT molecular complexity index is 483. The summed E-state index contributed by atoms with van der Waals surface area (Å²) in [4.78, 5) is 6.71. The van der Waals surface area contributed by atoms with Gasteiger partial charge in [0.05, 0.1) is 19.0 Å². The standard InChI is InChI=1S/C16H34N4O4S.HI/c1-17-16(18-7-12-24-13-14-25(3,21)22)19-15-5-9-20(10-6-15)8-4-11-23-2;/h15H,4-14H2,1-3H3,(H2,17,18,19);1H. The van der Waals surface area contributed by atoms with Crippen LogP contribution in [0, 0.1) is 0 Å². The fraction of sp³-hybridized carbons (Fsp3) is 0.938. The minimum absolute atomic E-state index is 0. The Morgan fingerprint density at radius 3 is 2.50 bits per heavy atom. The molecule has 0 bridgehead atoms. The largest absolute Gasteiger partial charge is 0.385 e. The van der Waals surface area contributed by atoms with Crippen molar-refractivity contribution in [2.24, 2.45) is 4.99 Å². The van der Waals surface area contributed by atoms with Crippen LogP contribution in [0.25, 0.3) is 0 Å². The number of nitrogens with one attached hydrogen (secondary N) is 2. The summed E-state index contributed by atoms with van der Waals surface area (Å²) < 4.78 is 32.4. The molecule has 0 atom stereocenters. The van der Waals surface area contributed by atoms with E-state index >= 15 is 0 Å². The minimum Gasteiger partial charge on any atom is -0.385 e. The van der Waals surface area contributed by atoms with E-state index in [1.807, 2.05) is 0 Å². The van der Waals surface area contributed by atoms with E-state index in [0.29, 0.717) is 19.2 Å². The van der Waals surface area contributed by atoms with Crippen LogP contribution < -0.4 is 10.6 Å². The third-order valence-electron chi connectivity index (χ3n) is 4.11. The van der Waals surface area contributed by atoms with Crippen molar-refractivity contribution in [1.82, 2.24) is 15.5 Å². The second-order valence-electron chi connectivity index (χ2n) is 6.35. The van der Waals surface area contributed by atoms with Crippen molar-refractivity contribution in [3.63, 3.8) is 0 Å². The molecule has 1 fully saturated rings. The molecule has 0 aliphatic carbocycles. The van der Waals surface area contributed by atoms with Gasteiger partial charge in [0.2, 0.25) is 0 Å². The predicted octanol–water partition coefficient (Wildman–Crippen LogP) is 0.332. The van der Waals surface area contributed by atoms with E-state index in [4.69, 9.17) is 9.47 Å². The highest BCUT2D eigenvalue weighted by Crippen LogP contribution is 2.10. The fourth-order valence-corrected chi connectivity index (χ4v) is 3.10. The van der Waals surface area contributed by atoms with Gasteiger partial charge in [-0.2, -0.15) is 0 Å². The maximum atomic E-state index is 11.0. The molecular formula is C16H35IN4O4S. The topological polar surface area (TPSA) is 92.3 Å². The molecule has 0 radical (unpaired) electrons. The number of halogens is 1. The molecule has 10 heteroatoms. The molecule has 1 heterocycles. The highest BCUT2D eigenvalue weighted by atomic mass is 127. The first kappa shape index (κ1) is 25.8. The number of nitrogens with zero attached hydrogens (tertiary/aromatic N) is 2. The van der Waals surface area contributed by atoms with Crippen molar-refractivity contribution >= 4 is 39.8 Å². The van der Waals surface area contributed by atoms with Gasteiger partial charge in [-0.1, -0.05) is 0 Å². The van der Waals surface area contributed by atoms with Crippen LogP contribution in [0.2, 0.25) is 0 Å². The van der Waals surface area contributed by atoms with Crippen molar-refractivity contribution in [3.8, 4) is 0 Å². The molecule has 0 aromatic rings. The van der Waals surface area contributed by atoms with E-state index in [0.717, 1.165) is 51.5 Å². The summed E-state index contributed by atoms with van der Waals surface area (Å²) in [5.41, 5.74) is 0. The summed E-state index contributed by atoms with van der Waals surface area (Å²) >= 11 is 0. The smallest absolute Gasteiger partial charge is 0.191 e. The van der Waals surface area contributed by atoms with Gasteiger partial charge in [0, 0.05) is 59.2 Å². The molecule has 1 aliphatic heterocycles. The van der Waals surface area contributed by atoms with Crippen LogP contribution in [-0.2, 0) is 19.3 Å². The van der Waals surface area contributed by atoms with E-state index < -0.39 is 9.84 Å². The van der Waals surface area contributed by atoms with E-state index in [1.54, 1.807) is 14.2 Å². The molecular weight excluding hydrogens is 471 g/mol. The van der Waals surface area contributed by atoms with Crippen molar-refractivity contribution in [1.29, 1.82) is 0 Å². The maximum Gasteiger partial charge on any atom is 0.191 e. The number of piperidine rings is 1. The molecule has 156 valence electrons. The van der Waals surface area contributed by atoms with Crippen LogP contribution in [0.1, 0.15) is 19.3 Å². The molecule has 0 aromatic carbocycles. The average molecular weight is 506 g/mol. The molecule has 2 N–H and O–H groups in total. The summed E-state index contributed by atoms with van der Waals surface area (Å²) in [5, 5.41) is 6.65. The zero-order valence-corrected chi connectivity index (χ0v) is 19.3. The van der Waals surface area contributed by atoms with Gasteiger partial charge in [-0.15, -0.1) is 24.0 Å². The Labute approximate surface area is 175 Å². The molecule has 1 saturated heterocycles. The van der Waals surface area contributed by atoms with E-state index in [1.165, 1.54) is 6.26 Å². The number of ether oxygens (including phenoxy) is 2. The van der Waals surface area contributed by atoms with Gasteiger partial charge < -0.3 is 25.0 Å².